The van der Waals surface area contributed by atoms with E-state index in [0.717, 1.165) is 0 Å². The second kappa shape index (κ2) is 2.78. The molecule has 0 bridgehead atoms. The highest BCUT2D eigenvalue weighted by atomic mass is 16.4. The van der Waals surface area contributed by atoms with Gasteiger partial charge in [0.2, 0.25) is 11.2 Å². The van der Waals surface area contributed by atoms with Gasteiger partial charge in [-0.2, -0.15) is 0 Å². The predicted octanol–water partition coefficient (Wildman–Crippen LogP) is 1.22. The van der Waals surface area contributed by atoms with Crippen molar-refractivity contribution < 1.29 is 9.52 Å². The molecule has 0 fully saturated rings. The maximum absolute atomic E-state index is 11.1. The largest absolute Gasteiger partial charge is 0.502 e. The van der Waals surface area contributed by atoms with Crippen molar-refractivity contribution in [2.45, 2.75) is 20.3 Å². The van der Waals surface area contributed by atoms with Crippen LogP contribution in [0.4, 0.5) is 0 Å². The standard InChI is InChI=1S/C8H10O3/c1-3-6-4-11-5(2)7(9)8(6)10/h4,9H,3H2,1-2H3. The zero-order valence-electron chi connectivity index (χ0n) is 6.55. The smallest absolute Gasteiger partial charge is 0.229 e. The highest BCUT2D eigenvalue weighted by molar-refractivity contribution is 5.26. The summed E-state index contributed by atoms with van der Waals surface area (Å²) in [7, 11) is 0. The van der Waals surface area contributed by atoms with Crippen molar-refractivity contribution in [1.29, 1.82) is 0 Å². The molecule has 0 aromatic carbocycles. The van der Waals surface area contributed by atoms with Gasteiger partial charge >= 0.3 is 0 Å². The molecule has 0 saturated heterocycles. The van der Waals surface area contributed by atoms with Crippen LogP contribution in [0.3, 0.4) is 0 Å². The molecule has 3 heteroatoms. The van der Waals surface area contributed by atoms with E-state index >= 15 is 0 Å². The van der Waals surface area contributed by atoms with Crippen molar-refractivity contribution in [2.24, 2.45) is 0 Å². The third-order valence-corrected chi connectivity index (χ3v) is 1.60. The van der Waals surface area contributed by atoms with E-state index in [0.29, 0.717) is 12.0 Å². The Kier molecular flexibility index (Phi) is 1.98. The molecule has 11 heavy (non-hydrogen) atoms. The van der Waals surface area contributed by atoms with Crippen LogP contribution in [0.1, 0.15) is 18.2 Å². The Bertz CT molecular complexity index is 312. The van der Waals surface area contributed by atoms with Crippen LogP contribution < -0.4 is 5.43 Å². The minimum atomic E-state index is -0.323. The monoisotopic (exact) mass is 154 g/mol. The third kappa shape index (κ3) is 1.27. The summed E-state index contributed by atoms with van der Waals surface area (Å²) in [6.45, 7) is 3.39. The Hall–Kier alpha value is -1.25. The van der Waals surface area contributed by atoms with Gasteiger partial charge in [0.1, 0.15) is 5.76 Å². The maximum Gasteiger partial charge on any atom is 0.229 e. The Morgan fingerprint density at radius 1 is 1.64 bits per heavy atom. The second-order valence-corrected chi connectivity index (χ2v) is 2.35. The van der Waals surface area contributed by atoms with Crippen LogP contribution in [0.5, 0.6) is 5.75 Å². The number of hydrogen-bond donors (Lipinski definition) is 1. The zero-order valence-corrected chi connectivity index (χ0v) is 6.55. The van der Waals surface area contributed by atoms with E-state index in [2.05, 4.69) is 0 Å². The molecule has 0 radical (unpaired) electrons. The molecule has 1 rings (SSSR count). The first kappa shape index (κ1) is 7.85. The molecule has 0 aliphatic carbocycles. The molecule has 0 aliphatic rings. The summed E-state index contributed by atoms with van der Waals surface area (Å²) in [6, 6.07) is 0. The highest BCUT2D eigenvalue weighted by Crippen LogP contribution is 2.10. The van der Waals surface area contributed by atoms with Crippen LogP contribution in [0.2, 0.25) is 0 Å². The number of rotatable bonds is 1. The molecule has 1 N–H and O–H groups in total. The van der Waals surface area contributed by atoms with Gasteiger partial charge in [0.25, 0.3) is 0 Å². The fourth-order valence-corrected chi connectivity index (χ4v) is 0.825. The molecule has 0 spiro atoms. The lowest BCUT2D eigenvalue weighted by Crippen LogP contribution is -2.07. The van der Waals surface area contributed by atoms with Gasteiger partial charge < -0.3 is 9.52 Å². The van der Waals surface area contributed by atoms with Crippen LogP contribution in [-0.4, -0.2) is 5.11 Å². The highest BCUT2D eigenvalue weighted by Gasteiger charge is 2.06. The van der Waals surface area contributed by atoms with E-state index in [9.17, 15) is 4.79 Å². The minimum Gasteiger partial charge on any atom is -0.502 e. The van der Waals surface area contributed by atoms with Crippen molar-refractivity contribution >= 4 is 0 Å². The lowest BCUT2D eigenvalue weighted by atomic mass is 10.2. The van der Waals surface area contributed by atoms with Gasteiger partial charge in [-0.05, 0) is 13.3 Å². The molecule has 3 nitrogen and oxygen atoms in total. The van der Waals surface area contributed by atoms with Crippen LogP contribution in [0.15, 0.2) is 15.5 Å². The summed E-state index contributed by atoms with van der Waals surface area (Å²) in [5.41, 5.74) is 0.185. The average Bonchev–Trinajstić information content (AvgIpc) is 2.01. The molecule has 0 atom stereocenters. The third-order valence-electron chi connectivity index (χ3n) is 1.60. The van der Waals surface area contributed by atoms with Crippen molar-refractivity contribution in [1.82, 2.24) is 0 Å². The maximum atomic E-state index is 11.1. The number of hydrogen-bond acceptors (Lipinski definition) is 3. The minimum absolute atomic E-state index is 0.271. The molecule has 0 aliphatic heterocycles. The molecule has 1 aromatic heterocycles. The molecule has 60 valence electrons. The predicted molar refractivity (Wildman–Crippen MR) is 40.8 cm³/mol. The normalized spacial score (nSPS) is 10.0. The summed E-state index contributed by atoms with van der Waals surface area (Å²) in [5, 5.41) is 9.11. The molecule has 0 saturated carbocycles. The van der Waals surface area contributed by atoms with E-state index < -0.39 is 0 Å². The quantitative estimate of drug-likeness (QED) is 0.661. The molecule has 0 unspecified atom stereocenters. The molecule has 1 aromatic rings. The van der Waals surface area contributed by atoms with Gasteiger partial charge in [-0.15, -0.1) is 0 Å². The first-order valence-corrected chi connectivity index (χ1v) is 3.47. The van der Waals surface area contributed by atoms with E-state index in [1.807, 2.05) is 6.92 Å². The zero-order chi connectivity index (χ0) is 8.43. The lowest BCUT2D eigenvalue weighted by molar-refractivity contribution is 0.408. The lowest BCUT2D eigenvalue weighted by Gasteiger charge is -1.98. The first-order valence-electron chi connectivity index (χ1n) is 3.47. The van der Waals surface area contributed by atoms with Gasteiger partial charge in [0.05, 0.1) is 6.26 Å². The van der Waals surface area contributed by atoms with E-state index in [4.69, 9.17) is 9.52 Å². The average molecular weight is 154 g/mol. The number of aryl methyl sites for hydroxylation is 2. The van der Waals surface area contributed by atoms with Crippen molar-refractivity contribution in [2.75, 3.05) is 0 Å². The fourth-order valence-electron chi connectivity index (χ4n) is 0.825. The number of aromatic hydroxyl groups is 1. The molecular formula is C8H10O3. The van der Waals surface area contributed by atoms with Gasteiger partial charge in [0.15, 0.2) is 0 Å². The van der Waals surface area contributed by atoms with Gasteiger partial charge in [0, 0.05) is 5.56 Å². The van der Waals surface area contributed by atoms with Crippen LogP contribution >= 0.6 is 0 Å². The van der Waals surface area contributed by atoms with E-state index in [-0.39, 0.29) is 16.9 Å². The molecule has 1 heterocycles. The Balaban J connectivity index is 3.37. The SMILES string of the molecule is CCc1coc(C)c(O)c1=O. The summed E-state index contributed by atoms with van der Waals surface area (Å²) in [6.07, 6.45) is 1.97. The Morgan fingerprint density at radius 3 is 2.82 bits per heavy atom. The molecule has 0 amide bonds. The Morgan fingerprint density at radius 2 is 2.27 bits per heavy atom. The Labute approximate surface area is 64.3 Å². The van der Waals surface area contributed by atoms with Crippen molar-refractivity contribution in [3.05, 3.63) is 27.8 Å². The van der Waals surface area contributed by atoms with Gasteiger partial charge in [-0.1, -0.05) is 6.92 Å². The van der Waals surface area contributed by atoms with Gasteiger partial charge in [-0.3, -0.25) is 4.79 Å². The van der Waals surface area contributed by atoms with Gasteiger partial charge in [-0.25, -0.2) is 0 Å². The molecular weight excluding hydrogens is 144 g/mol. The summed E-state index contributed by atoms with van der Waals surface area (Å²) >= 11 is 0. The summed E-state index contributed by atoms with van der Waals surface area (Å²) in [5.74, 6) is -0.00319. The summed E-state index contributed by atoms with van der Waals surface area (Å²) < 4.78 is 4.91. The van der Waals surface area contributed by atoms with E-state index in [1.54, 1.807) is 6.92 Å². The van der Waals surface area contributed by atoms with Crippen LogP contribution in [0.25, 0.3) is 0 Å². The van der Waals surface area contributed by atoms with Crippen molar-refractivity contribution in [3.8, 4) is 5.75 Å². The summed E-state index contributed by atoms with van der Waals surface area (Å²) in [4.78, 5) is 11.1. The van der Waals surface area contributed by atoms with Crippen LogP contribution in [-0.2, 0) is 6.42 Å². The van der Waals surface area contributed by atoms with E-state index in [1.165, 1.54) is 6.26 Å². The first-order chi connectivity index (χ1) is 5.16. The topological polar surface area (TPSA) is 50.4 Å². The van der Waals surface area contributed by atoms with Crippen molar-refractivity contribution in [3.63, 3.8) is 0 Å². The second-order valence-electron chi connectivity index (χ2n) is 2.35. The van der Waals surface area contributed by atoms with Crippen LogP contribution in [0, 0.1) is 6.92 Å². The fraction of sp³-hybridized carbons (Fsp3) is 0.375.